The Labute approximate surface area is 167 Å². The second-order valence-corrected chi connectivity index (χ2v) is 8.39. The van der Waals surface area contributed by atoms with Crippen LogP contribution < -0.4 is 5.73 Å². The Hall–Kier alpha value is -2.79. The van der Waals surface area contributed by atoms with E-state index in [1.165, 1.54) is 18.2 Å². The number of hydrogen-bond acceptors (Lipinski definition) is 5. The minimum atomic E-state index is -4.62. The van der Waals surface area contributed by atoms with Crippen LogP contribution in [-0.4, -0.2) is 29.9 Å². The minimum absolute atomic E-state index is 0.0451. The number of halogens is 3. The molecule has 1 aromatic rings. The maximum atomic E-state index is 13.7. The van der Waals surface area contributed by atoms with Crippen molar-refractivity contribution in [3.05, 3.63) is 58.1 Å². The van der Waals surface area contributed by atoms with Gasteiger partial charge < -0.3 is 5.73 Å². The molecule has 1 aliphatic carbocycles. The highest BCUT2D eigenvalue weighted by Gasteiger charge is 2.47. The lowest BCUT2D eigenvalue weighted by Crippen LogP contribution is -2.47. The van der Waals surface area contributed by atoms with E-state index in [0.717, 1.165) is 6.07 Å². The standard InChI is InChI=1S/C21H23F3N4O/c1-20(2)9-15-18(16(29)10-20)17(13(11-25)19(26)28(15)27(3)4)12-7-5-6-8-14(12)21(22,23)24/h5-8,17H,9-10,26H2,1-4H3. The zero-order chi connectivity index (χ0) is 21.7. The Morgan fingerprint density at radius 1 is 1.24 bits per heavy atom. The van der Waals surface area contributed by atoms with Crippen LogP contribution in [0.2, 0.25) is 0 Å². The summed E-state index contributed by atoms with van der Waals surface area (Å²) >= 11 is 0. The van der Waals surface area contributed by atoms with Gasteiger partial charge in [-0.2, -0.15) is 18.4 Å². The monoisotopic (exact) mass is 404 g/mol. The predicted molar refractivity (Wildman–Crippen MR) is 102 cm³/mol. The summed E-state index contributed by atoms with van der Waals surface area (Å²) < 4.78 is 41.2. The van der Waals surface area contributed by atoms with Gasteiger partial charge in [-0.05, 0) is 23.5 Å². The summed E-state index contributed by atoms with van der Waals surface area (Å²) in [6, 6.07) is 7.03. The van der Waals surface area contributed by atoms with Gasteiger partial charge in [-0.15, -0.1) is 0 Å². The number of rotatable bonds is 2. The third-order valence-corrected chi connectivity index (χ3v) is 5.33. The van der Waals surface area contributed by atoms with Crippen LogP contribution in [0, 0.1) is 16.7 Å². The SMILES string of the molecule is CN(C)N1C(N)=C(C#N)C(c2ccccc2C(F)(F)F)C2=C1CC(C)(C)CC2=O. The van der Waals surface area contributed by atoms with Crippen molar-refractivity contribution in [2.45, 2.75) is 38.8 Å². The molecule has 0 saturated carbocycles. The molecule has 2 N–H and O–H groups in total. The first-order valence-corrected chi connectivity index (χ1v) is 9.18. The highest BCUT2D eigenvalue weighted by atomic mass is 19.4. The maximum Gasteiger partial charge on any atom is 0.416 e. The van der Waals surface area contributed by atoms with E-state index in [4.69, 9.17) is 5.73 Å². The van der Waals surface area contributed by atoms with Crippen LogP contribution in [-0.2, 0) is 11.0 Å². The number of alkyl halides is 3. The van der Waals surface area contributed by atoms with Gasteiger partial charge in [0.15, 0.2) is 5.78 Å². The molecule has 8 heteroatoms. The normalized spacial score (nSPS) is 22.1. The number of carbonyl (C=O) groups is 1. The van der Waals surface area contributed by atoms with Crippen molar-refractivity contribution in [2.75, 3.05) is 14.1 Å². The van der Waals surface area contributed by atoms with E-state index < -0.39 is 17.7 Å². The van der Waals surface area contributed by atoms with E-state index >= 15 is 0 Å². The number of nitriles is 1. The summed E-state index contributed by atoms with van der Waals surface area (Å²) in [5.74, 6) is -1.36. The average molecular weight is 404 g/mol. The summed E-state index contributed by atoms with van der Waals surface area (Å²) in [5, 5.41) is 13.0. The summed E-state index contributed by atoms with van der Waals surface area (Å²) in [6.07, 6.45) is -3.98. The van der Waals surface area contributed by atoms with Crippen molar-refractivity contribution in [2.24, 2.45) is 11.1 Å². The Kier molecular flexibility index (Phi) is 4.99. The highest BCUT2D eigenvalue weighted by Crippen LogP contribution is 2.50. The van der Waals surface area contributed by atoms with Crippen LogP contribution in [0.3, 0.4) is 0 Å². The Morgan fingerprint density at radius 2 is 1.86 bits per heavy atom. The van der Waals surface area contributed by atoms with Gasteiger partial charge in [-0.25, -0.2) is 5.01 Å². The molecule has 1 atom stereocenters. The molecule has 0 saturated heterocycles. The lowest BCUT2D eigenvalue weighted by atomic mass is 9.68. The fraction of sp³-hybridized carbons (Fsp3) is 0.429. The largest absolute Gasteiger partial charge is 0.416 e. The molecule has 1 unspecified atom stereocenters. The Morgan fingerprint density at radius 3 is 2.41 bits per heavy atom. The molecule has 2 aliphatic rings. The van der Waals surface area contributed by atoms with Gasteiger partial charge in [-0.1, -0.05) is 32.0 Å². The first kappa shape index (κ1) is 20.9. The summed E-state index contributed by atoms with van der Waals surface area (Å²) in [4.78, 5) is 13.2. The van der Waals surface area contributed by atoms with E-state index in [2.05, 4.69) is 0 Å². The zero-order valence-electron chi connectivity index (χ0n) is 16.8. The summed E-state index contributed by atoms with van der Waals surface area (Å²) in [5.41, 5.74) is 5.63. The van der Waals surface area contributed by atoms with Crippen molar-refractivity contribution in [1.29, 1.82) is 5.26 Å². The van der Waals surface area contributed by atoms with E-state index in [1.54, 1.807) is 24.1 Å². The van der Waals surface area contributed by atoms with Crippen LogP contribution in [0.4, 0.5) is 13.2 Å². The molecule has 3 rings (SSSR count). The zero-order valence-corrected chi connectivity index (χ0v) is 16.8. The fourth-order valence-corrected chi connectivity index (χ4v) is 4.27. The van der Waals surface area contributed by atoms with Crippen LogP contribution in [0.15, 0.2) is 46.9 Å². The van der Waals surface area contributed by atoms with Gasteiger partial charge in [0, 0.05) is 31.8 Å². The predicted octanol–water partition coefficient (Wildman–Crippen LogP) is 3.92. The van der Waals surface area contributed by atoms with Crippen LogP contribution in [0.5, 0.6) is 0 Å². The number of nitrogens with two attached hydrogens (primary N) is 1. The van der Waals surface area contributed by atoms with Crippen molar-refractivity contribution >= 4 is 5.78 Å². The van der Waals surface area contributed by atoms with Gasteiger partial charge in [0.25, 0.3) is 0 Å². The second kappa shape index (κ2) is 6.92. The second-order valence-electron chi connectivity index (χ2n) is 8.39. The number of nitrogens with zero attached hydrogens (tertiary/aromatic N) is 3. The molecule has 0 amide bonds. The molecule has 5 nitrogen and oxygen atoms in total. The third-order valence-electron chi connectivity index (χ3n) is 5.33. The van der Waals surface area contributed by atoms with Gasteiger partial charge in [0.05, 0.1) is 23.1 Å². The molecular weight excluding hydrogens is 381 g/mol. The van der Waals surface area contributed by atoms with E-state index in [-0.39, 0.29) is 40.1 Å². The molecule has 0 bridgehead atoms. The number of allylic oxidation sites excluding steroid dienone is 3. The van der Waals surface area contributed by atoms with Gasteiger partial charge in [-0.3, -0.25) is 9.80 Å². The van der Waals surface area contributed by atoms with Crippen LogP contribution in [0.25, 0.3) is 0 Å². The quantitative estimate of drug-likeness (QED) is 0.809. The third kappa shape index (κ3) is 3.51. The van der Waals surface area contributed by atoms with E-state index in [9.17, 15) is 23.2 Å². The molecule has 0 spiro atoms. The summed E-state index contributed by atoms with van der Waals surface area (Å²) in [7, 11) is 3.42. The Balaban J connectivity index is 2.36. The topological polar surface area (TPSA) is 73.4 Å². The van der Waals surface area contributed by atoms with Crippen molar-refractivity contribution in [3.63, 3.8) is 0 Å². The minimum Gasteiger partial charge on any atom is -0.383 e. The lowest BCUT2D eigenvalue weighted by Gasteiger charge is -2.45. The van der Waals surface area contributed by atoms with Gasteiger partial charge in [0.2, 0.25) is 0 Å². The number of benzene rings is 1. The van der Waals surface area contributed by atoms with E-state index in [0.29, 0.717) is 12.1 Å². The van der Waals surface area contributed by atoms with E-state index in [1.807, 2.05) is 19.9 Å². The molecule has 0 radical (unpaired) electrons. The number of ketones is 1. The highest BCUT2D eigenvalue weighted by molar-refractivity contribution is 6.00. The molecular formula is C21H23F3N4O. The molecule has 1 aromatic carbocycles. The first-order valence-electron chi connectivity index (χ1n) is 9.18. The number of Topliss-reactive ketones (excluding diaryl/α,β-unsaturated/α-hetero) is 1. The van der Waals surface area contributed by atoms with Gasteiger partial charge >= 0.3 is 6.18 Å². The van der Waals surface area contributed by atoms with Crippen molar-refractivity contribution in [1.82, 2.24) is 10.0 Å². The van der Waals surface area contributed by atoms with Crippen LogP contribution >= 0.6 is 0 Å². The lowest BCUT2D eigenvalue weighted by molar-refractivity contribution is -0.138. The van der Waals surface area contributed by atoms with Crippen molar-refractivity contribution < 1.29 is 18.0 Å². The first-order chi connectivity index (χ1) is 13.4. The summed E-state index contributed by atoms with van der Waals surface area (Å²) in [6.45, 7) is 3.86. The van der Waals surface area contributed by atoms with Gasteiger partial charge in [0.1, 0.15) is 5.82 Å². The molecule has 1 aliphatic heterocycles. The van der Waals surface area contributed by atoms with Crippen LogP contribution in [0.1, 0.15) is 43.7 Å². The molecule has 0 fully saturated rings. The molecule has 29 heavy (non-hydrogen) atoms. The smallest absolute Gasteiger partial charge is 0.383 e. The number of carbonyl (C=O) groups excluding carboxylic acids is 1. The van der Waals surface area contributed by atoms with Crippen molar-refractivity contribution in [3.8, 4) is 6.07 Å². The fourth-order valence-electron chi connectivity index (χ4n) is 4.27. The average Bonchev–Trinajstić information content (AvgIpc) is 2.58. The number of hydrazine groups is 1. The molecule has 1 heterocycles. The molecule has 0 aromatic heterocycles. The maximum absolute atomic E-state index is 13.7. The Bertz CT molecular complexity index is 967. The molecule has 154 valence electrons. The number of hydrogen-bond donors (Lipinski definition) is 1.